The summed E-state index contributed by atoms with van der Waals surface area (Å²) < 4.78 is 5.08. The molecule has 0 bridgehead atoms. The minimum Gasteiger partial charge on any atom is -0.504 e. The number of benzene rings is 1. The summed E-state index contributed by atoms with van der Waals surface area (Å²) in [6, 6.07) is 5.34. The average Bonchev–Trinajstić information content (AvgIpc) is 2.36. The van der Waals surface area contributed by atoms with Crippen LogP contribution < -0.4 is 10.1 Å². The van der Waals surface area contributed by atoms with Crippen LogP contribution in [0.25, 0.3) is 0 Å². The lowest BCUT2D eigenvalue weighted by atomic mass is 10.0. The van der Waals surface area contributed by atoms with Crippen molar-refractivity contribution in [3.05, 3.63) is 23.8 Å². The Hall–Kier alpha value is -1.26. The fraction of sp³-hybridized carbons (Fsp3) is 0.571. The zero-order valence-corrected chi connectivity index (χ0v) is 11.5. The second-order valence-corrected chi connectivity index (χ2v) is 4.88. The second-order valence-electron chi connectivity index (χ2n) is 4.88. The van der Waals surface area contributed by atoms with Gasteiger partial charge in [0.2, 0.25) is 0 Å². The van der Waals surface area contributed by atoms with Gasteiger partial charge in [-0.1, -0.05) is 13.0 Å². The van der Waals surface area contributed by atoms with Crippen LogP contribution in [0.5, 0.6) is 11.5 Å². The van der Waals surface area contributed by atoms with Crippen molar-refractivity contribution >= 4 is 0 Å². The van der Waals surface area contributed by atoms with Crippen molar-refractivity contribution < 1.29 is 14.9 Å². The van der Waals surface area contributed by atoms with Crippen LogP contribution >= 0.6 is 0 Å². The molecule has 102 valence electrons. The maximum atomic E-state index is 9.94. The number of phenols is 1. The van der Waals surface area contributed by atoms with E-state index in [9.17, 15) is 10.2 Å². The molecule has 0 spiro atoms. The van der Waals surface area contributed by atoms with Gasteiger partial charge in [0.25, 0.3) is 0 Å². The minimum absolute atomic E-state index is 0.0810. The molecule has 4 heteroatoms. The van der Waals surface area contributed by atoms with Gasteiger partial charge < -0.3 is 20.3 Å². The van der Waals surface area contributed by atoms with Gasteiger partial charge in [0.05, 0.1) is 12.7 Å². The Morgan fingerprint density at radius 1 is 1.44 bits per heavy atom. The van der Waals surface area contributed by atoms with E-state index in [0.717, 1.165) is 5.56 Å². The molecule has 0 aliphatic carbocycles. The molecule has 0 heterocycles. The SMILES string of the molecule is CCC(C)(O)CNC(C)c1ccc(O)c(OC)c1. The number of nitrogens with one attached hydrogen (secondary N) is 1. The number of aromatic hydroxyl groups is 1. The molecule has 0 aromatic heterocycles. The third-order valence-corrected chi connectivity index (χ3v) is 3.25. The Kier molecular flexibility index (Phi) is 4.99. The smallest absolute Gasteiger partial charge is 0.160 e. The molecule has 1 rings (SSSR count). The van der Waals surface area contributed by atoms with E-state index in [4.69, 9.17) is 4.74 Å². The van der Waals surface area contributed by atoms with Gasteiger partial charge in [-0.3, -0.25) is 0 Å². The van der Waals surface area contributed by atoms with Crippen LogP contribution in [0.4, 0.5) is 0 Å². The zero-order chi connectivity index (χ0) is 13.8. The number of hydrogen-bond acceptors (Lipinski definition) is 4. The molecule has 0 saturated heterocycles. The Labute approximate surface area is 109 Å². The van der Waals surface area contributed by atoms with Gasteiger partial charge in [-0.05, 0) is 38.0 Å². The van der Waals surface area contributed by atoms with Gasteiger partial charge in [0, 0.05) is 12.6 Å². The summed E-state index contributed by atoms with van der Waals surface area (Å²) in [6.45, 7) is 6.30. The quantitative estimate of drug-likeness (QED) is 0.727. The topological polar surface area (TPSA) is 61.7 Å². The largest absolute Gasteiger partial charge is 0.504 e. The summed E-state index contributed by atoms with van der Waals surface area (Å²) in [5.74, 6) is 0.595. The third-order valence-electron chi connectivity index (χ3n) is 3.25. The first-order chi connectivity index (χ1) is 8.39. The first kappa shape index (κ1) is 14.8. The summed E-state index contributed by atoms with van der Waals surface area (Å²) in [6.07, 6.45) is 0.700. The van der Waals surface area contributed by atoms with E-state index in [2.05, 4.69) is 5.32 Å². The first-order valence-corrected chi connectivity index (χ1v) is 6.22. The van der Waals surface area contributed by atoms with E-state index in [1.54, 1.807) is 12.1 Å². The highest BCUT2D eigenvalue weighted by Gasteiger charge is 2.18. The molecule has 1 aromatic carbocycles. The van der Waals surface area contributed by atoms with Gasteiger partial charge >= 0.3 is 0 Å². The molecule has 0 saturated carbocycles. The minimum atomic E-state index is -0.699. The molecule has 2 atom stereocenters. The Morgan fingerprint density at radius 3 is 2.67 bits per heavy atom. The molecule has 0 fully saturated rings. The van der Waals surface area contributed by atoms with Crippen LogP contribution in [-0.2, 0) is 0 Å². The van der Waals surface area contributed by atoms with Gasteiger partial charge in [-0.2, -0.15) is 0 Å². The predicted octanol–water partition coefficient (Wildman–Crippen LogP) is 2.21. The first-order valence-electron chi connectivity index (χ1n) is 6.22. The molecule has 4 nitrogen and oxygen atoms in total. The van der Waals surface area contributed by atoms with E-state index in [-0.39, 0.29) is 11.8 Å². The highest BCUT2D eigenvalue weighted by molar-refractivity contribution is 5.42. The fourth-order valence-electron chi connectivity index (χ4n) is 1.58. The summed E-state index contributed by atoms with van der Waals surface area (Å²) >= 11 is 0. The lowest BCUT2D eigenvalue weighted by Gasteiger charge is -2.25. The Balaban J connectivity index is 2.70. The normalized spacial score (nSPS) is 16.1. The van der Waals surface area contributed by atoms with Crippen LogP contribution in [0.15, 0.2) is 18.2 Å². The molecule has 3 N–H and O–H groups in total. The van der Waals surface area contributed by atoms with Crippen LogP contribution in [0.3, 0.4) is 0 Å². The molecule has 0 amide bonds. The molecule has 18 heavy (non-hydrogen) atoms. The van der Waals surface area contributed by atoms with Crippen molar-refractivity contribution in [1.29, 1.82) is 0 Å². The fourth-order valence-corrected chi connectivity index (χ4v) is 1.58. The molecule has 1 aromatic rings. The molecule has 0 aliphatic heterocycles. The number of ether oxygens (including phenoxy) is 1. The summed E-state index contributed by atoms with van der Waals surface area (Å²) in [7, 11) is 1.53. The predicted molar refractivity (Wildman–Crippen MR) is 72.0 cm³/mol. The number of hydrogen-bond donors (Lipinski definition) is 3. The lowest BCUT2D eigenvalue weighted by molar-refractivity contribution is 0.0533. The number of rotatable bonds is 6. The Morgan fingerprint density at radius 2 is 2.11 bits per heavy atom. The lowest BCUT2D eigenvalue weighted by Crippen LogP contribution is -2.38. The number of methoxy groups -OCH3 is 1. The molecular formula is C14H23NO3. The van der Waals surface area contributed by atoms with E-state index >= 15 is 0 Å². The second kappa shape index (κ2) is 6.07. The highest BCUT2D eigenvalue weighted by Crippen LogP contribution is 2.28. The summed E-state index contributed by atoms with van der Waals surface area (Å²) in [4.78, 5) is 0. The maximum absolute atomic E-state index is 9.94. The van der Waals surface area contributed by atoms with Crippen molar-refractivity contribution in [2.24, 2.45) is 0 Å². The van der Waals surface area contributed by atoms with Crippen molar-refractivity contribution in [3.63, 3.8) is 0 Å². The summed E-state index contributed by atoms with van der Waals surface area (Å²) in [5.41, 5.74) is 0.312. The zero-order valence-electron chi connectivity index (χ0n) is 11.5. The van der Waals surface area contributed by atoms with Crippen LogP contribution in [0.1, 0.15) is 38.8 Å². The highest BCUT2D eigenvalue weighted by atomic mass is 16.5. The number of phenolic OH excluding ortho intramolecular Hbond substituents is 1. The average molecular weight is 253 g/mol. The molecule has 0 aliphatic rings. The van der Waals surface area contributed by atoms with Crippen LogP contribution in [-0.4, -0.2) is 29.5 Å². The van der Waals surface area contributed by atoms with Crippen molar-refractivity contribution in [3.8, 4) is 11.5 Å². The molecular weight excluding hydrogens is 230 g/mol. The van der Waals surface area contributed by atoms with Crippen molar-refractivity contribution in [2.45, 2.75) is 38.8 Å². The van der Waals surface area contributed by atoms with Crippen LogP contribution in [0, 0.1) is 0 Å². The van der Waals surface area contributed by atoms with Gasteiger partial charge in [-0.15, -0.1) is 0 Å². The van der Waals surface area contributed by atoms with Gasteiger partial charge in [-0.25, -0.2) is 0 Å². The molecule has 0 radical (unpaired) electrons. The van der Waals surface area contributed by atoms with E-state index in [1.807, 2.05) is 26.8 Å². The van der Waals surface area contributed by atoms with Crippen molar-refractivity contribution in [1.82, 2.24) is 5.32 Å². The standard InChI is InChI=1S/C14H23NO3/c1-5-14(3,17)9-15-10(2)11-6-7-12(16)13(8-11)18-4/h6-8,10,15-17H,5,9H2,1-4H3. The van der Waals surface area contributed by atoms with Crippen molar-refractivity contribution in [2.75, 3.05) is 13.7 Å². The van der Waals surface area contributed by atoms with E-state index in [1.165, 1.54) is 7.11 Å². The van der Waals surface area contributed by atoms with E-state index in [0.29, 0.717) is 18.7 Å². The Bertz CT molecular complexity index is 391. The van der Waals surface area contributed by atoms with E-state index < -0.39 is 5.60 Å². The van der Waals surface area contributed by atoms with Crippen LogP contribution in [0.2, 0.25) is 0 Å². The number of aliphatic hydroxyl groups is 1. The molecule has 2 unspecified atom stereocenters. The monoisotopic (exact) mass is 253 g/mol. The third kappa shape index (κ3) is 3.89. The maximum Gasteiger partial charge on any atom is 0.160 e. The van der Waals surface area contributed by atoms with Gasteiger partial charge in [0.1, 0.15) is 0 Å². The summed E-state index contributed by atoms with van der Waals surface area (Å²) in [5, 5.41) is 22.7. The van der Waals surface area contributed by atoms with Gasteiger partial charge in [0.15, 0.2) is 11.5 Å².